The molecule has 0 spiro atoms. The molecule has 1 aliphatic heterocycles. The Hall–Kier alpha value is -2.07. The quantitative estimate of drug-likeness (QED) is 0.920. The van der Waals surface area contributed by atoms with Crippen molar-refractivity contribution in [2.45, 2.75) is 13.0 Å². The van der Waals surface area contributed by atoms with Crippen molar-refractivity contribution in [2.75, 3.05) is 11.4 Å². The lowest BCUT2D eigenvalue weighted by molar-refractivity contribution is 0.623. The van der Waals surface area contributed by atoms with E-state index in [2.05, 4.69) is 4.99 Å². The highest BCUT2D eigenvalue weighted by molar-refractivity contribution is 6.30. The van der Waals surface area contributed by atoms with Gasteiger partial charge >= 0.3 is 0 Å². The molecule has 1 aliphatic rings. The zero-order valence-corrected chi connectivity index (χ0v) is 12.3. The fraction of sp³-hybridized carbons (Fsp3) is 0.188. The predicted molar refractivity (Wildman–Crippen MR) is 84.3 cm³/mol. The van der Waals surface area contributed by atoms with Crippen LogP contribution >= 0.6 is 11.6 Å². The third-order valence-corrected chi connectivity index (χ3v) is 3.93. The maximum atomic E-state index is 13.3. The Labute approximate surface area is 127 Å². The van der Waals surface area contributed by atoms with Gasteiger partial charge in [-0.05, 0) is 54.4 Å². The van der Waals surface area contributed by atoms with Crippen molar-refractivity contribution in [1.29, 1.82) is 0 Å². The molecule has 1 heterocycles. The van der Waals surface area contributed by atoms with Crippen LogP contribution in [0, 0.1) is 12.7 Å². The van der Waals surface area contributed by atoms with E-state index in [1.807, 2.05) is 36.1 Å². The number of nitrogens with zero attached hydrogens (tertiary/aromatic N) is 2. The number of aliphatic imine (C=N–C) groups is 1. The van der Waals surface area contributed by atoms with Crippen LogP contribution in [0.15, 0.2) is 47.5 Å². The minimum absolute atomic E-state index is 0.0215. The Morgan fingerprint density at radius 1 is 1.24 bits per heavy atom. The van der Waals surface area contributed by atoms with Crippen molar-refractivity contribution < 1.29 is 4.39 Å². The monoisotopic (exact) mass is 303 g/mol. The summed E-state index contributed by atoms with van der Waals surface area (Å²) in [6, 6.07) is 12.2. The average Bonchev–Trinajstić information content (AvgIpc) is 2.82. The summed E-state index contributed by atoms with van der Waals surface area (Å²) in [7, 11) is 0. The summed E-state index contributed by atoms with van der Waals surface area (Å²) < 4.78 is 13.3. The van der Waals surface area contributed by atoms with Gasteiger partial charge in [0.15, 0.2) is 5.96 Å². The van der Waals surface area contributed by atoms with E-state index < -0.39 is 0 Å². The zero-order valence-electron chi connectivity index (χ0n) is 11.6. The molecule has 0 saturated heterocycles. The molecule has 1 unspecified atom stereocenters. The summed E-state index contributed by atoms with van der Waals surface area (Å²) in [6.45, 7) is 2.45. The molecule has 5 heteroatoms. The van der Waals surface area contributed by atoms with Crippen LogP contribution in [0.3, 0.4) is 0 Å². The van der Waals surface area contributed by atoms with Gasteiger partial charge in [-0.15, -0.1) is 0 Å². The molecule has 0 radical (unpaired) electrons. The van der Waals surface area contributed by atoms with Gasteiger partial charge in [-0.1, -0.05) is 17.7 Å². The molecule has 108 valence electrons. The first kappa shape index (κ1) is 13.9. The molecular weight excluding hydrogens is 289 g/mol. The first-order valence-corrected chi connectivity index (χ1v) is 7.05. The Bertz CT molecular complexity index is 697. The minimum Gasteiger partial charge on any atom is -0.369 e. The third kappa shape index (κ3) is 2.59. The SMILES string of the molecule is Cc1cc(F)ccc1C1CN=C(N)N1c1ccc(Cl)cc1. The molecule has 1 atom stereocenters. The molecule has 3 rings (SSSR count). The van der Waals surface area contributed by atoms with Gasteiger partial charge < -0.3 is 10.6 Å². The molecular formula is C16H15ClFN3. The number of guanidine groups is 1. The van der Waals surface area contributed by atoms with E-state index in [9.17, 15) is 4.39 Å². The smallest absolute Gasteiger partial charge is 0.196 e. The van der Waals surface area contributed by atoms with Crippen LogP contribution in [0.1, 0.15) is 17.2 Å². The number of hydrogen-bond acceptors (Lipinski definition) is 3. The summed E-state index contributed by atoms with van der Waals surface area (Å²) in [5.41, 5.74) is 8.86. The minimum atomic E-state index is -0.235. The Morgan fingerprint density at radius 2 is 1.95 bits per heavy atom. The standard InChI is InChI=1S/C16H15ClFN3/c1-10-8-12(18)4-7-14(10)15-9-20-16(19)21(15)13-5-2-11(17)3-6-13/h2-8,15H,9H2,1H3,(H2,19,20). The highest BCUT2D eigenvalue weighted by Gasteiger charge is 2.29. The number of hydrogen-bond donors (Lipinski definition) is 1. The Balaban J connectivity index is 2.00. The van der Waals surface area contributed by atoms with E-state index in [0.29, 0.717) is 17.5 Å². The Morgan fingerprint density at radius 3 is 2.62 bits per heavy atom. The lowest BCUT2D eigenvalue weighted by Gasteiger charge is -2.27. The fourth-order valence-corrected chi connectivity index (χ4v) is 2.79. The van der Waals surface area contributed by atoms with Crippen LogP contribution in [0.4, 0.5) is 10.1 Å². The van der Waals surface area contributed by atoms with Crippen LogP contribution in [0.25, 0.3) is 0 Å². The summed E-state index contributed by atoms with van der Waals surface area (Å²) in [5.74, 6) is 0.229. The van der Waals surface area contributed by atoms with E-state index in [1.54, 1.807) is 6.07 Å². The average molecular weight is 304 g/mol. The van der Waals surface area contributed by atoms with Gasteiger partial charge in [0.25, 0.3) is 0 Å². The number of benzene rings is 2. The van der Waals surface area contributed by atoms with Gasteiger partial charge in [0.1, 0.15) is 5.82 Å². The van der Waals surface area contributed by atoms with Crippen molar-refractivity contribution in [3.8, 4) is 0 Å². The summed E-state index contributed by atoms with van der Waals surface area (Å²) in [5, 5.41) is 0.669. The van der Waals surface area contributed by atoms with E-state index in [0.717, 1.165) is 16.8 Å². The van der Waals surface area contributed by atoms with Gasteiger partial charge in [0.05, 0.1) is 12.6 Å². The third-order valence-electron chi connectivity index (χ3n) is 3.68. The van der Waals surface area contributed by atoms with E-state index in [1.165, 1.54) is 12.1 Å². The molecule has 2 aromatic carbocycles. The van der Waals surface area contributed by atoms with E-state index >= 15 is 0 Å². The molecule has 0 amide bonds. The van der Waals surface area contributed by atoms with Gasteiger partial charge in [0, 0.05) is 10.7 Å². The summed E-state index contributed by atoms with van der Waals surface area (Å²) >= 11 is 5.93. The fourth-order valence-electron chi connectivity index (χ4n) is 2.66. The maximum absolute atomic E-state index is 13.3. The zero-order chi connectivity index (χ0) is 15.0. The molecule has 0 aliphatic carbocycles. The highest BCUT2D eigenvalue weighted by atomic mass is 35.5. The van der Waals surface area contributed by atoms with Crippen molar-refractivity contribution in [2.24, 2.45) is 10.7 Å². The number of rotatable bonds is 2. The van der Waals surface area contributed by atoms with Gasteiger partial charge in [-0.2, -0.15) is 0 Å². The highest BCUT2D eigenvalue weighted by Crippen LogP contribution is 2.33. The predicted octanol–water partition coefficient (Wildman–Crippen LogP) is 3.66. The molecule has 0 fully saturated rings. The lowest BCUT2D eigenvalue weighted by atomic mass is 10.00. The largest absolute Gasteiger partial charge is 0.369 e. The van der Waals surface area contributed by atoms with Crippen molar-refractivity contribution >= 4 is 23.2 Å². The van der Waals surface area contributed by atoms with Crippen molar-refractivity contribution in [1.82, 2.24) is 0 Å². The molecule has 3 nitrogen and oxygen atoms in total. The Kier molecular flexibility index (Phi) is 3.55. The van der Waals surface area contributed by atoms with Crippen LogP contribution in [-0.4, -0.2) is 12.5 Å². The maximum Gasteiger partial charge on any atom is 0.196 e. The van der Waals surface area contributed by atoms with Gasteiger partial charge in [0.2, 0.25) is 0 Å². The second kappa shape index (κ2) is 5.37. The second-order valence-corrected chi connectivity index (χ2v) is 5.50. The second-order valence-electron chi connectivity index (χ2n) is 5.06. The summed E-state index contributed by atoms with van der Waals surface area (Å²) in [4.78, 5) is 6.29. The molecule has 0 aromatic heterocycles. The number of nitrogens with two attached hydrogens (primary N) is 1. The molecule has 2 N–H and O–H groups in total. The molecule has 21 heavy (non-hydrogen) atoms. The van der Waals surface area contributed by atoms with E-state index in [-0.39, 0.29) is 11.9 Å². The first-order valence-electron chi connectivity index (χ1n) is 6.67. The van der Waals surface area contributed by atoms with E-state index in [4.69, 9.17) is 17.3 Å². The van der Waals surface area contributed by atoms with Gasteiger partial charge in [-0.25, -0.2) is 4.39 Å². The van der Waals surface area contributed by atoms with Crippen LogP contribution in [0.5, 0.6) is 0 Å². The van der Waals surface area contributed by atoms with Gasteiger partial charge in [-0.3, -0.25) is 4.99 Å². The first-order chi connectivity index (χ1) is 10.1. The normalized spacial score (nSPS) is 18.0. The van der Waals surface area contributed by atoms with Crippen LogP contribution in [0.2, 0.25) is 5.02 Å². The number of anilines is 1. The molecule has 2 aromatic rings. The molecule has 0 saturated carbocycles. The number of halogens is 2. The summed E-state index contributed by atoms with van der Waals surface area (Å²) in [6.07, 6.45) is 0. The van der Waals surface area contributed by atoms with Crippen molar-refractivity contribution in [3.63, 3.8) is 0 Å². The topological polar surface area (TPSA) is 41.6 Å². The van der Waals surface area contributed by atoms with Crippen molar-refractivity contribution in [3.05, 3.63) is 64.4 Å². The van der Waals surface area contributed by atoms with Crippen LogP contribution < -0.4 is 10.6 Å². The van der Waals surface area contributed by atoms with Crippen LogP contribution in [-0.2, 0) is 0 Å². The lowest BCUT2D eigenvalue weighted by Crippen LogP contribution is -2.36. The number of aryl methyl sites for hydroxylation is 1. The molecule has 0 bridgehead atoms.